The number of likely N-dealkylation sites (tertiary alicyclic amines) is 1. The summed E-state index contributed by atoms with van der Waals surface area (Å²) < 4.78 is 3.06. The lowest BCUT2D eigenvalue weighted by Crippen LogP contribution is -2.39. The molecule has 3 rings (SSSR count). The quantitative estimate of drug-likeness (QED) is 0.766. The number of nitrogens with zero attached hydrogens (tertiary/aromatic N) is 4. The van der Waals surface area contributed by atoms with Crippen LogP contribution in [-0.4, -0.2) is 37.7 Å². The molecule has 2 aromatic rings. The highest BCUT2D eigenvalue weighted by Gasteiger charge is 2.26. The first kappa shape index (κ1) is 18.4. The van der Waals surface area contributed by atoms with Gasteiger partial charge in [0.05, 0.1) is 6.54 Å². The number of carbonyl (C=O) groups excluding carboxylic acids is 1. The zero-order chi connectivity index (χ0) is 18.5. The van der Waals surface area contributed by atoms with Gasteiger partial charge in [-0.2, -0.15) is 5.10 Å². The predicted octanol–water partition coefficient (Wildman–Crippen LogP) is 2.45. The molecule has 1 aliphatic rings. The number of aromatic nitrogens is 3. The van der Waals surface area contributed by atoms with Crippen molar-refractivity contribution in [3.8, 4) is 0 Å². The monoisotopic (exact) mass is 356 g/mol. The number of aryl methyl sites for hydroxylation is 1. The van der Waals surface area contributed by atoms with E-state index >= 15 is 0 Å². The molecule has 1 aromatic heterocycles. The van der Waals surface area contributed by atoms with Crippen molar-refractivity contribution in [3.63, 3.8) is 0 Å². The lowest BCUT2D eigenvalue weighted by molar-refractivity contribution is -0.132. The summed E-state index contributed by atoms with van der Waals surface area (Å²) in [7, 11) is 0. The highest BCUT2D eigenvalue weighted by atomic mass is 16.2. The fraction of sp³-hybridized carbons (Fsp3) is 0.550. The van der Waals surface area contributed by atoms with Gasteiger partial charge in [0.25, 0.3) is 0 Å². The molecule has 1 atom stereocenters. The van der Waals surface area contributed by atoms with E-state index in [2.05, 4.69) is 18.9 Å². The first-order valence-electron chi connectivity index (χ1n) is 9.60. The highest BCUT2D eigenvalue weighted by molar-refractivity contribution is 5.76. The fourth-order valence-corrected chi connectivity index (χ4v) is 3.56. The zero-order valence-electron chi connectivity index (χ0n) is 15.7. The van der Waals surface area contributed by atoms with Gasteiger partial charge < -0.3 is 4.90 Å². The number of hydrogen-bond donors (Lipinski definition) is 0. The number of amides is 1. The molecule has 0 unspecified atom stereocenters. The van der Waals surface area contributed by atoms with Gasteiger partial charge in [0.15, 0.2) is 0 Å². The summed E-state index contributed by atoms with van der Waals surface area (Å²) in [6, 6.07) is 10.2. The maximum Gasteiger partial charge on any atom is 0.346 e. The minimum absolute atomic E-state index is 0.0106. The van der Waals surface area contributed by atoms with E-state index in [0.717, 1.165) is 50.0 Å². The van der Waals surface area contributed by atoms with Crippen molar-refractivity contribution in [1.29, 1.82) is 0 Å². The van der Waals surface area contributed by atoms with Crippen molar-refractivity contribution in [2.45, 2.75) is 65.1 Å². The molecule has 26 heavy (non-hydrogen) atoms. The summed E-state index contributed by atoms with van der Waals surface area (Å²) >= 11 is 0. The Bertz CT molecular complexity index is 794. The van der Waals surface area contributed by atoms with E-state index in [1.807, 2.05) is 35.2 Å². The molecule has 0 radical (unpaired) electrons. The molecule has 0 bridgehead atoms. The molecule has 1 aromatic carbocycles. The van der Waals surface area contributed by atoms with Crippen molar-refractivity contribution in [3.05, 3.63) is 52.2 Å². The third kappa shape index (κ3) is 4.06. The molecule has 0 saturated carbocycles. The van der Waals surface area contributed by atoms with Crippen LogP contribution in [-0.2, 0) is 24.3 Å². The highest BCUT2D eigenvalue weighted by Crippen LogP contribution is 2.16. The fourth-order valence-electron chi connectivity index (χ4n) is 3.56. The van der Waals surface area contributed by atoms with Crippen LogP contribution in [0, 0.1) is 0 Å². The van der Waals surface area contributed by atoms with Gasteiger partial charge in [0.1, 0.15) is 12.4 Å². The summed E-state index contributed by atoms with van der Waals surface area (Å²) in [5, 5.41) is 4.50. The SMILES string of the molecule is CCCCc1nn(CC(=O)N2CCC[C@H]2C)c(=O)n1Cc1ccccc1. The van der Waals surface area contributed by atoms with Crippen molar-refractivity contribution in [2.75, 3.05) is 6.54 Å². The molecule has 1 fully saturated rings. The lowest BCUT2D eigenvalue weighted by Gasteiger charge is -2.20. The summed E-state index contributed by atoms with van der Waals surface area (Å²) in [5.74, 6) is 0.756. The maximum atomic E-state index is 12.9. The van der Waals surface area contributed by atoms with Crippen LogP contribution in [0.25, 0.3) is 0 Å². The van der Waals surface area contributed by atoms with E-state index in [0.29, 0.717) is 6.54 Å². The minimum atomic E-state index is -0.194. The van der Waals surface area contributed by atoms with Gasteiger partial charge in [-0.3, -0.25) is 9.36 Å². The summed E-state index contributed by atoms with van der Waals surface area (Å²) in [5.41, 5.74) is 0.867. The second-order valence-electron chi connectivity index (χ2n) is 7.11. The molecule has 0 N–H and O–H groups in total. The predicted molar refractivity (Wildman–Crippen MR) is 101 cm³/mol. The van der Waals surface area contributed by atoms with Gasteiger partial charge in [-0.15, -0.1) is 0 Å². The van der Waals surface area contributed by atoms with Gasteiger partial charge in [-0.1, -0.05) is 43.7 Å². The number of benzene rings is 1. The Balaban J connectivity index is 1.83. The van der Waals surface area contributed by atoms with E-state index in [1.54, 1.807) is 4.57 Å². The zero-order valence-corrected chi connectivity index (χ0v) is 15.7. The van der Waals surface area contributed by atoms with Gasteiger partial charge in [0, 0.05) is 19.0 Å². The molecule has 6 nitrogen and oxygen atoms in total. The van der Waals surface area contributed by atoms with E-state index < -0.39 is 0 Å². The van der Waals surface area contributed by atoms with Crippen molar-refractivity contribution >= 4 is 5.91 Å². The molecule has 1 saturated heterocycles. The second-order valence-corrected chi connectivity index (χ2v) is 7.11. The lowest BCUT2D eigenvalue weighted by atomic mass is 10.2. The molecule has 1 amide bonds. The number of unbranched alkanes of at least 4 members (excludes halogenated alkanes) is 1. The Morgan fingerprint density at radius 1 is 1.27 bits per heavy atom. The molecular weight excluding hydrogens is 328 g/mol. The maximum absolute atomic E-state index is 12.9. The third-order valence-corrected chi connectivity index (χ3v) is 5.10. The Morgan fingerprint density at radius 3 is 2.69 bits per heavy atom. The summed E-state index contributed by atoms with van der Waals surface area (Å²) in [6.45, 7) is 5.49. The van der Waals surface area contributed by atoms with Gasteiger partial charge in [0.2, 0.25) is 5.91 Å². The van der Waals surface area contributed by atoms with Crippen molar-refractivity contribution in [2.24, 2.45) is 0 Å². The Hall–Kier alpha value is -2.37. The Kier molecular flexibility index (Phi) is 5.91. The second kappa shape index (κ2) is 8.34. The smallest absolute Gasteiger partial charge is 0.338 e. The average Bonchev–Trinajstić information content (AvgIpc) is 3.19. The Morgan fingerprint density at radius 2 is 2.04 bits per heavy atom. The van der Waals surface area contributed by atoms with Crippen molar-refractivity contribution in [1.82, 2.24) is 19.2 Å². The van der Waals surface area contributed by atoms with Crippen LogP contribution < -0.4 is 5.69 Å². The van der Waals surface area contributed by atoms with Crippen LogP contribution in [0.5, 0.6) is 0 Å². The van der Waals surface area contributed by atoms with Crippen LogP contribution in [0.15, 0.2) is 35.1 Å². The molecular formula is C20H28N4O2. The van der Waals surface area contributed by atoms with E-state index in [-0.39, 0.29) is 24.2 Å². The van der Waals surface area contributed by atoms with Crippen molar-refractivity contribution < 1.29 is 4.79 Å². The first-order chi connectivity index (χ1) is 12.6. The minimum Gasteiger partial charge on any atom is -0.338 e. The molecule has 2 heterocycles. The van der Waals surface area contributed by atoms with E-state index in [1.165, 1.54) is 4.68 Å². The topological polar surface area (TPSA) is 60.1 Å². The van der Waals surface area contributed by atoms with E-state index in [4.69, 9.17) is 0 Å². The number of rotatable bonds is 7. The molecule has 0 spiro atoms. The number of carbonyl (C=O) groups is 1. The first-order valence-corrected chi connectivity index (χ1v) is 9.60. The van der Waals surface area contributed by atoms with Gasteiger partial charge in [-0.05, 0) is 31.7 Å². The molecule has 1 aliphatic heterocycles. The van der Waals surface area contributed by atoms with Gasteiger partial charge in [-0.25, -0.2) is 9.48 Å². The van der Waals surface area contributed by atoms with Gasteiger partial charge >= 0.3 is 5.69 Å². The van der Waals surface area contributed by atoms with Crippen LogP contribution in [0.4, 0.5) is 0 Å². The van der Waals surface area contributed by atoms with Crippen LogP contribution in [0.2, 0.25) is 0 Å². The van der Waals surface area contributed by atoms with E-state index in [9.17, 15) is 9.59 Å². The van der Waals surface area contributed by atoms with Crippen LogP contribution in [0.1, 0.15) is 50.9 Å². The summed E-state index contributed by atoms with van der Waals surface area (Å²) in [4.78, 5) is 27.3. The standard InChI is InChI=1S/C20H28N4O2/c1-3-4-12-18-21-24(15-19(25)22-13-8-9-16(22)2)20(26)23(18)14-17-10-6-5-7-11-17/h5-7,10-11,16H,3-4,8-9,12-15H2,1-2H3/t16-/m1/s1. The normalized spacial score (nSPS) is 17.0. The van der Waals surface area contributed by atoms with Crippen LogP contribution >= 0.6 is 0 Å². The largest absolute Gasteiger partial charge is 0.346 e. The molecule has 6 heteroatoms. The Labute approximate surface area is 154 Å². The average molecular weight is 356 g/mol. The van der Waals surface area contributed by atoms with Crippen LogP contribution in [0.3, 0.4) is 0 Å². The molecule has 140 valence electrons. The third-order valence-electron chi connectivity index (χ3n) is 5.10. The number of hydrogen-bond acceptors (Lipinski definition) is 3. The summed E-state index contributed by atoms with van der Waals surface area (Å²) in [6.07, 6.45) is 4.83. The molecule has 0 aliphatic carbocycles.